The molecule has 0 aromatic heterocycles. The quantitative estimate of drug-likeness (QED) is 0.746. The van der Waals surface area contributed by atoms with E-state index in [9.17, 15) is 0 Å². The van der Waals surface area contributed by atoms with Crippen molar-refractivity contribution in [1.82, 2.24) is 4.90 Å². The summed E-state index contributed by atoms with van der Waals surface area (Å²) in [5.41, 5.74) is 8.03. The lowest BCUT2D eigenvalue weighted by molar-refractivity contribution is 0.211. The largest absolute Gasteiger partial charge is 0.398 e. The van der Waals surface area contributed by atoms with Crippen LogP contribution >= 0.6 is 0 Å². The molecule has 0 saturated carbocycles. The fourth-order valence-corrected chi connectivity index (χ4v) is 1.56. The minimum absolute atomic E-state index is 0.371. The van der Waals surface area contributed by atoms with Gasteiger partial charge in [0.05, 0.1) is 0 Å². The van der Waals surface area contributed by atoms with Crippen molar-refractivity contribution in [3.63, 3.8) is 0 Å². The minimum Gasteiger partial charge on any atom is -0.398 e. The molecule has 0 aliphatic rings. The smallest absolute Gasteiger partial charge is 0.0362 e. The van der Waals surface area contributed by atoms with E-state index >= 15 is 0 Å². The van der Waals surface area contributed by atoms with Gasteiger partial charge in [0, 0.05) is 17.8 Å². The zero-order valence-corrected chi connectivity index (χ0v) is 9.49. The molecule has 1 rings (SSSR count). The Kier molecular flexibility index (Phi) is 3.53. The van der Waals surface area contributed by atoms with Crippen LogP contribution in [0.15, 0.2) is 24.3 Å². The van der Waals surface area contributed by atoms with Crippen LogP contribution in [0.2, 0.25) is 0 Å². The number of hydrogen-bond acceptors (Lipinski definition) is 2. The highest BCUT2D eigenvalue weighted by Crippen LogP contribution is 2.25. The summed E-state index contributed by atoms with van der Waals surface area (Å²) in [6.07, 6.45) is 0. The third kappa shape index (κ3) is 2.26. The van der Waals surface area contributed by atoms with Gasteiger partial charge in [-0.2, -0.15) is 0 Å². The molecule has 0 aliphatic carbocycles. The lowest BCUT2D eigenvalue weighted by Crippen LogP contribution is -2.29. The fourth-order valence-electron chi connectivity index (χ4n) is 1.56. The lowest BCUT2D eigenvalue weighted by atomic mass is 10.0. The van der Waals surface area contributed by atoms with Gasteiger partial charge in [0.1, 0.15) is 0 Å². The van der Waals surface area contributed by atoms with Crippen LogP contribution in [0.3, 0.4) is 0 Å². The highest BCUT2D eigenvalue weighted by atomic mass is 15.1. The summed E-state index contributed by atoms with van der Waals surface area (Å²) in [5.74, 6) is 0. The summed E-state index contributed by atoms with van der Waals surface area (Å²) in [7, 11) is 2.13. The lowest BCUT2D eigenvalue weighted by Gasteiger charge is -2.29. The molecule has 0 spiro atoms. The maximum atomic E-state index is 5.93. The number of nitrogens with zero attached hydrogens (tertiary/aromatic N) is 1. The molecule has 0 heterocycles. The Morgan fingerprint density at radius 3 is 2.21 bits per heavy atom. The van der Waals surface area contributed by atoms with Crippen molar-refractivity contribution in [2.24, 2.45) is 0 Å². The second-order valence-electron chi connectivity index (χ2n) is 4.06. The van der Waals surface area contributed by atoms with Gasteiger partial charge in [0.25, 0.3) is 0 Å². The predicted molar refractivity (Wildman–Crippen MR) is 62.2 cm³/mol. The highest BCUT2D eigenvalue weighted by molar-refractivity contribution is 5.47. The summed E-state index contributed by atoms with van der Waals surface area (Å²) in [6, 6.07) is 8.97. The average molecular weight is 192 g/mol. The van der Waals surface area contributed by atoms with Gasteiger partial charge in [-0.15, -0.1) is 0 Å². The van der Waals surface area contributed by atoms with Crippen molar-refractivity contribution < 1.29 is 0 Å². The van der Waals surface area contributed by atoms with Gasteiger partial charge in [-0.05, 0) is 39.4 Å². The molecule has 0 saturated heterocycles. The summed E-state index contributed by atoms with van der Waals surface area (Å²) in [4.78, 5) is 2.31. The highest BCUT2D eigenvalue weighted by Gasteiger charge is 2.15. The second kappa shape index (κ2) is 4.47. The van der Waals surface area contributed by atoms with E-state index in [1.807, 2.05) is 18.2 Å². The molecule has 0 radical (unpaired) electrons. The van der Waals surface area contributed by atoms with Gasteiger partial charge in [0.2, 0.25) is 0 Å². The maximum Gasteiger partial charge on any atom is 0.0362 e. The fraction of sp³-hybridized carbons (Fsp3) is 0.500. The Balaban J connectivity index is 2.89. The van der Waals surface area contributed by atoms with E-state index in [-0.39, 0.29) is 0 Å². The average Bonchev–Trinajstić information content (AvgIpc) is 2.16. The molecule has 0 bridgehead atoms. The van der Waals surface area contributed by atoms with Crippen LogP contribution < -0.4 is 5.73 Å². The Bertz CT molecular complexity index is 294. The number of rotatable bonds is 3. The van der Waals surface area contributed by atoms with Gasteiger partial charge in [-0.1, -0.05) is 18.2 Å². The molecule has 1 atom stereocenters. The number of nitrogens with two attached hydrogens (primary N) is 1. The van der Waals surface area contributed by atoms with E-state index in [0.717, 1.165) is 5.69 Å². The molecule has 0 amide bonds. The summed E-state index contributed by atoms with van der Waals surface area (Å²) < 4.78 is 0. The summed E-state index contributed by atoms with van der Waals surface area (Å²) in [5, 5.41) is 0. The third-order valence-electron chi connectivity index (χ3n) is 2.87. The Labute approximate surface area is 86.7 Å². The van der Waals surface area contributed by atoms with E-state index in [0.29, 0.717) is 12.1 Å². The number of anilines is 1. The first-order chi connectivity index (χ1) is 6.54. The van der Waals surface area contributed by atoms with Crippen LogP contribution in [-0.4, -0.2) is 18.0 Å². The van der Waals surface area contributed by atoms with Crippen LogP contribution in [0, 0.1) is 0 Å². The first-order valence-electron chi connectivity index (χ1n) is 5.10. The zero-order chi connectivity index (χ0) is 10.7. The summed E-state index contributed by atoms with van der Waals surface area (Å²) >= 11 is 0. The van der Waals surface area contributed by atoms with Gasteiger partial charge in [-0.25, -0.2) is 0 Å². The maximum absolute atomic E-state index is 5.93. The number of nitrogen functional groups attached to an aromatic ring is 1. The number of benzene rings is 1. The van der Waals surface area contributed by atoms with Crippen molar-refractivity contribution in [1.29, 1.82) is 0 Å². The van der Waals surface area contributed by atoms with Crippen LogP contribution in [0.5, 0.6) is 0 Å². The summed E-state index contributed by atoms with van der Waals surface area (Å²) in [6.45, 7) is 6.57. The Morgan fingerprint density at radius 2 is 1.71 bits per heavy atom. The van der Waals surface area contributed by atoms with Gasteiger partial charge in [0.15, 0.2) is 0 Å². The van der Waals surface area contributed by atoms with Gasteiger partial charge in [-0.3, -0.25) is 4.90 Å². The van der Waals surface area contributed by atoms with Crippen molar-refractivity contribution in [3.05, 3.63) is 29.8 Å². The molecule has 78 valence electrons. The van der Waals surface area contributed by atoms with E-state index in [2.05, 4.69) is 38.8 Å². The van der Waals surface area contributed by atoms with Crippen LogP contribution in [0.4, 0.5) is 5.69 Å². The molecule has 2 N–H and O–H groups in total. The predicted octanol–water partition coefficient (Wildman–Crippen LogP) is 2.67. The van der Waals surface area contributed by atoms with E-state index in [4.69, 9.17) is 5.73 Å². The van der Waals surface area contributed by atoms with Crippen molar-refractivity contribution in [2.75, 3.05) is 12.8 Å². The second-order valence-corrected chi connectivity index (χ2v) is 4.06. The topological polar surface area (TPSA) is 29.3 Å². The number of para-hydroxylation sites is 1. The minimum atomic E-state index is 0.371. The van der Waals surface area contributed by atoms with Crippen LogP contribution in [-0.2, 0) is 0 Å². The monoisotopic (exact) mass is 192 g/mol. The van der Waals surface area contributed by atoms with Crippen molar-refractivity contribution >= 4 is 5.69 Å². The zero-order valence-electron chi connectivity index (χ0n) is 9.49. The molecular weight excluding hydrogens is 172 g/mol. The molecule has 0 fully saturated rings. The van der Waals surface area contributed by atoms with E-state index in [1.54, 1.807) is 0 Å². The Morgan fingerprint density at radius 1 is 1.14 bits per heavy atom. The van der Waals surface area contributed by atoms with Crippen LogP contribution in [0.1, 0.15) is 32.4 Å². The van der Waals surface area contributed by atoms with Crippen molar-refractivity contribution in [3.8, 4) is 0 Å². The Hall–Kier alpha value is -1.02. The van der Waals surface area contributed by atoms with E-state index < -0.39 is 0 Å². The van der Waals surface area contributed by atoms with Crippen LogP contribution in [0.25, 0.3) is 0 Å². The first kappa shape index (κ1) is 11.1. The molecule has 2 heteroatoms. The van der Waals surface area contributed by atoms with Gasteiger partial charge < -0.3 is 5.73 Å². The van der Waals surface area contributed by atoms with Gasteiger partial charge >= 0.3 is 0 Å². The third-order valence-corrected chi connectivity index (χ3v) is 2.87. The van der Waals surface area contributed by atoms with E-state index in [1.165, 1.54) is 5.56 Å². The molecular formula is C12H20N2. The van der Waals surface area contributed by atoms with Crippen molar-refractivity contribution in [2.45, 2.75) is 32.9 Å². The standard InChI is InChI=1S/C12H20N2/c1-9(2)14(4)10(3)11-7-5-6-8-12(11)13/h5-10H,13H2,1-4H3. The first-order valence-corrected chi connectivity index (χ1v) is 5.10. The molecule has 1 aromatic carbocycles. The molecule has 1 unspecified atom stereocenters. The SMILES string of the molecule is CC(C)N(C)C(C)c1ccccc1N. The molecule has 0 aliphatic heterocycles. The normalized spacial score (nSPS) is 13.6. The molecule has 2 nitrogen and oxygen atoms in total. The molecule has 1 aromatic rings. The number of hydrogen-bond donors (Lipinski definition) is 1. The molecule has 14 heavy (non-hydrogen) atoms.